The summed E-state index contributed by atoms with van der Waals surface area (Å²) in [7, 11) is 2.04. The molecule has 0 spiro atoms. The predicted molar refractivity (Wildman–Crippen MR) is 96.7 cm³/mol. The lowest BCUT2D eigenvalue weighted by Crippen LogP contribution is -2.47. The Morgan fingerprint density at radius 2 is 1.96 bits per heavy atom. The summed E-state index contributed by atoms with van der Waals surface area (Å²) in [6, 6.07) is 3.62. The highest BCUT2D eigenvalue weighted by Crippen LogP contribution is 2.35. The smallest absolute Gasteiger partial charge is 0.277 e. The van der Waals surface area contributed by atoms with Crippen molar-refractivity contribution < 1.29 is 9.59 Å². The number of carbonyl (C=O) groups is 2. The van der Waals surface area contributed by atoms with Gasteiger partial charge in [-0.2, -0.15) is 0 Å². The summed E-state index contributed by atoms with van der Waals surface area (Å²) >= 11 is 8.55. The molecule has 128 valence electrons. The lowest BCUT2D eigenvalue weighted by atomic mass is 10.2. The van der Waals surface area contributed by atoms with E-state index < -0.39 is 5.91 Å². The van der Waals surface area contributed by atoms with E-state index in [2.05, 4.69) is 9.88 Å². The maximum atomic E-state index is 12.6. The van der Waals surface area contributed by atoms with Gasteiger partial charge in [-0.3, -0.25) is 9.59 Å². The first kappa shape index (κ1) is 17.3. The van der Waals surface area contributed by atoms with E-state index in [0.29, 0.717) is 10.0 Å². The lowest BCUT2D eigenvalue weighted by molar-refractivity contribution is -0.131. The van der Waals surface area contributed by atoms with Crippen LogP contribution in [0.5, 0.6) is 0 Å². The molecule has 0 bridgehead atoms. The molecule has 2 N–H and O–H groups in total. The van der Waals surface area contributed by atoms with Crippen LogP contribution >= 0.6 is 34.3 Å². The fourth-order valence-electron chi connectivity index (χ4n) is 2.52. The van der Waals surface area contributed by atoms with Crippen molar-refractivity contribution in [2.24, 2.45) is 5.73 Å². The van der Waals surface area contributed by atoms with Crippen LogP contribution in [-0.2, 0) is 11.2 Å². The highest BCUT2D eigenvalue weighted by molar-refractivity contribution is 7.20. The van der Waals surface area contributed by atoms with E-state index >= 15 is 0 Å². The molecule has 0 saturated carbocycles. The van der Waals surface area contributed by atoms with Gasteiger partial charge in [0, 0.05) is 31.1 Å². The third kappa shape index (κ3) is 3.77. The van der Waals surface area contributed by atoms with E-state index in [4.69, 9.17) is 17.3 Å². The van der Waals surface area contributed by atoms with Crippen LogP contribution in [0.2, 0.25) is 4.34 Å². The largest absolute Gasteiger partial charge is 0.364 e. The number of primary amides is 1. The molecule has 0 aromatic carbocycles. The summed E-state index contributed by atoms with van der Waals surface area (Å²) in [4.78, 5) is 34.0. The van der Waals surface area contributed by atoms with Crippen LogP contribution in [0.4, 0.5) is 0 Å². The molecule has 0 unspecified atom stereocenters. The third-order valence-corrected chi connectivity index (χ3v) is 6.19. The number of halogens is 1. The van der Waals surface area contributed by atoms with Crippen LogP contribution in [0.15, 0.2) is 12.1 Å². The van der Waals surface area contributed by atoms with Crippen molar-refractivity contribution in [2.45, 2.75) is 6.42 Å². The predicted octanol–water partition coefficient (Wildman–Crippen LogP) is 1.94. The molecule has 0 atom stereocenters. The number of thiazole rings is 1. The Bertz CT molecular complexity index is 765. The molecule has 24 heavy (non-hydrogen) atoms. The molecule has 1 aliphatic heterocycles. The Morgan fingerprint density at radius 3 is 2.54 bits per heavy atom. The molecule has 3 rings (SSSR count). The Hall–Kier alpha value is -1.48. The van der Waals surface area contributed by atoms with E-state index in [1.807, 2.05) is 18.0 Å². The number of aromatic nitrogens is 1. The summed E-state index contributed by atoms with van der Waals surface area (Å²) in [6.07, 6.45) is 0.222. The summed E-state index contributed by atoms with van der Waals surface area (Å²) < 4.78 is 0.634. The molecule has 0 aliphatic carbocycles. The van der Waals surface area contributed by atoms with Crippen LogP contribution in [0.3, 0.4) is 0 Å². The van der Waals surface area contributed by atoms with Crippen LogP contribution in [0, 0.1) is 0 Å². The standard InChI is InChI=1S/C15H17ClN4O2S2/c1-19-4-6-20(7-5-19)12(21)8-10-13(9-2-3-11(16)23-9)18-15(24-10)14(17)22/h2-3H,4-8H2,1H3,(H2,17,22). The van der Waals surface area contributed by atoms with Crippen LogP contribution in [-0.4, -0.2) is 59.8 Å². The van der Waals surface area contributed by atoms with Gasteiger partial charge in [-0.25, -0.2) is 4.98 Å². The molecule has 3 heterocycles. The Morgan fingerprint density at radius 1 is 1.25 bits per heavy atom. The van der Waals surface area contributed by atoms with Crippen molar-refractivity contribution in [1.29, 1.82) is 0 Å². The lowest BCUT2D eigenvalue weighted by Gasteiger charge is -2.32. The number of rotatable bonds is 4. The number of thiophene rings is 1. The second kappa shape index (κ2) is 7.18. The molecular formula is C15H17ClN4O2S2. The number of likely N-dealkylation sites (N-methyl/N-ethyl adjacent to an activating group) is 1. The SMILES string of the molecule is CN1CCN(C(=O)Cc2sc(C(N)=O)nc2-c2ccc(Cl)s2)CC1. The number of hydrogen-bond acceptors (Lipinski definition) is 6. The topological polar surface area (TPSA) is 79.5 Å². The van der Waals surface area contributed by atoms with Crippen molar-refractivity contribution in [1.82, 2.24) is 14.8 Å². The van der Waals surface area contributed by atoms with Gasteiger partial charge in [-0.15, -0.1) is 22.7 Å². The van der Waals surface area contributed by atoms with Crippen LogP contribution < -0.4 is 5.73 Å². The minimum absolute atomic E-state index is 0.0478. The van der Waals surface area contributed by atoms with Gasteiger partial charge >= 0.3 is 0 Å². The van der Waals surface area contributed by atoms with E-state index in [-0.39, 0.29) is 17.3 Å². The van der Waals surface area contributed by atoms with Crippen molar-refractivity contribution in [3.63, 3.8) is 0 Å². The maximum absolute atomic E-state index is 12.6. The summed E-state index contributed by atoms with van der Waals surface area (Å²) in [6.45, 7) is 3.18. The van der Waals surface area contributed by atoms with Gasteiger partial charge < -0.3 is 15.5 Å². The first-order valence-electron chi connectivity index (χ1n) is 7.45. The maximum Gasteiger partial charge on any atom is 0.277 e. The molecule has 1 aliphatic rings. The minimum Gasteiger partial charge on any atom is -0.364 e. The van der Waals surface area contributed by atoms with Crippen LogP contribution in [0.25, 0.3) is 10.6 Å². The van der Waals surface area contributed by atoms with Crippen molar-refractivity contribution in [3.05, 3.63) is 26.4 Å². The van der Waals surface area contributed by atoms with Gasteiger partial charge in [0.2, 0.25) is 5.91 Å². The zero-order valence-electron chi connectivity index (χ0n) is 13.1. The monoisotopic (exact) mass is 384 g/mol. The average Bonchev–Trinajstić information content (AvgIpc) is 3.14. The molecule has 9 heteroatoms. The van der Waals surface area contributed by atoms with Gasteiger partial charge in [0.1, 0.15) is 0 Å². The number of piperazine rings is 1. The molecule has 6 nitrogen and oxygen atoms in total. The second-order valence-corrected chi connectivity index (χ2v) is 8.42. The molecule has 0 radical (unpaired) electrons. The molecule has 2 aromatic rings. The number of hydrogen-bond donors (Lipinski definition) is 1. The van der Waals surface area contributed by atoms with Crippen molar-refractivity contribution in [3.8, 4) is 10.6 Å². The molecule has 1 saturated heterocycles. The fraction of sp³-hybridized carbons (Fsp3) is 0.400. The number of nitrogens with zero attached hydrogens (tertiary/aromatic N) is 3. The zero-order chi connectivity index (χ0) is 17.3. The van der Waals surface area contributed by atoms with Crippen LogP contribution in [0.1, 0.15) is 14.7 Å². The Labute approximate surface area is 152 Å². The third-order valence-electron chi connectivity index (χ3n) is 3.88. The number of amides is 2. The molecule has 2 aromatic heterocycles. The summed E-state index contributed by atoms with van der Waals surface area (Å²) in [5.74, 6) is -0.533. The van der Waals surface area contributed by atoms with Gasteiger partial charge in [-0.05, 0) is 19.2 Å². The van der Waals surface area contributed by atoms with Gasteiger partial charge in [0.25, 0.3) is 5.91 Å². The highest BCUT2D eigenvalue weighted by atomic mass is 35.5. The molecule has 1 fully saturated rings. The van der Waals surface area contributed by atoms with E-state index in [1.54, 1.807) is 6.07 Å². The normalized spacial score (nSPS) is 15.7. The Kier molecular flexibility index (Phi) is 5.19. The number of nitrogens with two attached hydrogens (primary N) is 1. The first-order chi connectivity index (χ1) is 11.4. The highest BCUT2D eigenvalue weighted by Gasteiger charge is 2.24. The summed E-state index contributed by atoms with van der Waals surface area (Å²) in [5, 5.41) is 0.218. The fourth-order valence-corrected chi connectivity index (χ4v) is 4.56. The van der Waals surface area contributed by atoms with Gasteiger partial charge in [-0.1, -0.05) is 11.6 Å². The van der Waals surface area contributed by atoms with Crippen molar-refractivity contribution >= 4 is 46.1 Å². The average molecular weight is 385 g/mol. The Balaban J connectivity index is 1.84. The molecule has 2 amide bonds. The minimum atomic E-state index is -0.581. The zero-order valence-corrected chi connectivity index (χ0v) is 15.5. The second-order valence-electron chi connectivity index (χ2n) is 5.62. The van der Waals surface area contributed by atoms with E-state index in [1.165, 1.54) is 22.7 Å². The first-order valence-corrected chi connectivity index (χ1v) is 9.46. The molecular weight excluding hydrogens is 368 g/mol. The van der Waals surface area contributed by atoms with E-state index in [0.717, 1.165) is 35.9 Å². The van der Waals surface area contributed by atoms with Crippen molar-refractivity contribution in [2.75, 3.05) is 33.2 Å². The van der Waals surface area contributed by atoms with Gasteiger partial charge in [0.15, 0.2) is 5.01 Å². The van der Waals surface area contributed by atoms with Gasteiger partial charge in [0.05, 0.1) is 21.3 Å². The summed E-state index contributed by atoms with van der Waals surface area (Å²) in [5.41, 5.74) is 5.99. The van der Waals surface area contributed by atoms with E-state index in [9.17, 15) is 9.59 Å². The quantitative estimate of drug-likeness (QED) is 0.873. The number of carbonyl (C=O) groups excluding carboxylic acids is 2.